The van der Waals surface area contributed by atoms with Crippen molar-refractivity contribution in [2.24, 2.45) is 0 Å². The second kappa shape index (κ2) is 8.39. The van der Waals surface area contributed by atoms with E-state index in [1.807, 2.05) is 0 Å². The zero-order valence-electron chi connectivity index (χ0n) is 17.0. The van der Waals surface area contributed by atoms with Gasteiger partial charge < -0.3 is 9.15 Å². The Morgan fingerprint density at radius 1 is 1.06 bits per heavy atom. The second-order valence-electron chi connectivity index (χ2n) is 7.06. The van der Waals surface area contributed by atoms with Gasteiger partial charge in [0.05, 0.1) is 0 Å². The summed E-state index contributed by atoms with van der Waals surface area (Å²) in [5, 5.41) is 1.03. The summed E-state index contributed by atoms with van der Waals surface area (Å²) in [6, 6.07) is 14.5. The van der Waals surface area contributed by atoms with E-state index < -0.39 is 15.5 Å². The van der Waals surface area contributed by atoms with E-state index in [0.717, 1.165) is 0 Å². The number of anilines is 1. The van der Waals surface area contributed by atoms with Crippen molar-refractivity contribution in [2.45, 2.75) is 19.0 Å². The van der Waals surface area contributed by atoms with Crippen LogP contribution in [0.3, 0.4) is 0 Å². The molecule has 0 aliphatic heterocycles. The lowest BCUT2D eigenvalue weighted by atomic mass is 10.1. The monoisotopic (exact) mass is 480 g/mol. The zero-order chi connectivity index (χ0) is 23.8. The van der Waals surface area contributed by atoms with E-state index in [1.54, 1.807) is 37.3 Å². The van der Waals surface area contributed by atoms with Crippen molar-refractivity contribution in [2.75, 3.05) is 4.72 Å². The van der Waals surface area contributed by atoms with Gasteiger partial charge >= 0.3 is 15.5 Å². The summed E-state index contributed by atoms with van der Waals surface area (Å²) in [4.78, 5) is 4.38. The molecular weight excluding hydrogens is 464 g/mol. The predicted octanol–water partition coefficient (Wildman–Crippen LogP) is 5.78. The van der Waals surface area contributed by atoms with E-state index in [1.165, 1.54) is 35.1 Å². The molecule has 11 heteroatoms. The highest BCUT2D eigenvalue weighted by Gasteiger charge is 2.46. The number of oxazole rings is 1. The molecule has 0 bridgehead atoms. The Balaban J connectivity index is 1.54. The summed E-state index contributed by atoms with van der Waals surface area (Å²) in [7, 11) is -5.52. The van der Waals surface area contributed by atoms with Gasteiger partial charge in [-0.1, -0.05) is 12.1 Å². The third kappa shape index (κ3) is 4.77. The molecule has 0 saturated carbocycles. The lowest BCUT2D eigenvalue weighted by Gasteiger charge is -2.12. The van der Waals surface area contributed by atoms with E-state index in [-0.39, 0.29) is 18.1 Å². The number of sulfonamides is 1. The highest BCUT2D eigenvalue weighted by molar-refractivity contribution is 7.93. The standard InChI is InChI=1S/C22H16F4N2O4S/c1-13-19(27-21(32-13)14-5-7-16(23)8-6-14)12-31-20-4-2-3-15-11-17(9-10-18(15)20)28-33(29,30)22(24,25)26/h2-11,28H,12H2,1H3. The van der Waals surface area contributed by atoms with Crippen LogP contribution in [0, 0.1) is 12.7 Å². The van der Waals surface area contributed by atoms with Gasteiger partial charge in [-0.2, -0.15) is 21.6 Å². The number of ether oxygens (including phenoxy) is 1. The molecule has 3 aromatic carbocycles. The minimum atomic E-state index is -5.52. The van der Waals surface area contributed by atoms with Gasteiger partial charge in [-0.05, 0) is 60.8 Å². The normalized spacial score (nSPS) is 12.2. The molecule has 0 amide bonds. The predicted molar refractivity (Wildman–Crippen MR) is 114 cm³/mol. The average molecular weight is 480 g/mol. The molecule has 0 saturated heterocycles. The third-order valence-corrected chi connectivity index (χ3v) is 5.86. The van der Waals surface area contributed by atoms with Gasteiger partial charge in [0.2, 0.25) is 5.89 Å². The van der Waals surface area contributed by atoms with Crippen molar-refractivity contribution in [3.8, 4) is 17.2 Å². The first kappa shape index (κ1) is 22.6. The molecule has 0 fully saturated rings. The smallest absolute Gasteiger partial charge is 0.487 e. The van der Waals surface area contributed by atoms with Gasteiger partial charge in [0.1, 0.15) is 29.6 Å². The first-order valence-corrected chi connectivity index (χ1v) is 11.0. The van der Waals surface area contributed by atoms with Crippen molar-refractivity contribution < 1.29 is 35.1 Å². The van der Waals surface area contributed by atoms with Crippen LogP contribution in [0.1, 0.15) is 11.5 Å². The molecular formula is C22H16F4N2O4S. The maximum absolute atomic E-state index is 13.1. The van der Waals surface area contributed by atoms with Crippen LogP contribution in [0.5, 0.6) is 5.75 Å². The molecule has 1 N–H and O–H groups in total. The summed E-state index contributed by atoms with van der Waals surface area (Å²) >= 11 is 0. The molecule has 0 aliphatic rings. The van der Waals surface area contributed by atoms with Crippen molar-refractivity contribution >= 4 is 26.5 Å². The summed E-state index contributed by atoms with van der Waals surface area (Å²) < 4.78 is 86.7. The lowest BCUT2D eigenvalue weighted by molar-refractivity contribution is -0.0429. The molecule has 0 radical (unpaired) electrons. The van der Waals surface area contributed by atoms with Crippen LogP contribution in [0.2, 0.25) is 0 Å². The first-order chi connectivity index (χ1) is 15.5. The summed E-state index contributed by atoms with van der Waals surface area (Å²) in [6.07, 6.45) is 0. The van der Waals surface area contributed by atoms with E-state index in [4.69, 9.17) is 9.15 Å². The van der Waals surface area contributed by atoms with Gasteiger partial charge in [-0.15, -0.1) is 0 Å². The van der Waals surface area contributed by atoms with Crippen LogP contribution in [0.4, 0.5) is 23.2 Å². The number of alkyl halides is 3. The molecule has 0 atom stereocenters. The van der Waals surface area contributed by atoms with Crippen molar-refractivity contribution in [3.05, 3.63) is 77.9 Å². The SMILES string of the molecule is Cc1oc(-c2ccc(F)cc2)nc1COc1cccc2cc(NS(=O)(=O)C(F)(F)F)ccc12. The molecule has 4 aromatic rings. The van der Waals surface area contributed by atoms with Gasteiger partial charge in [0.25, 0.3) is 0 Å². The highest BCUT2D eigenvalue weighted by atomic mass is 32.2. The Morgan fingerprint density at radius 3 is 2.48 bits per heavy atom. The quantitative estimate of drug-likeness (QED) is 0.354. The average Bonchev–Trinajstić information content (AvgIpc) is 3.12. The van der Waals surface area contributed by atoms with E-state index in [9.17, 15) is 26.0 Å². The Labute approximate surface area is 185 Å². The number of hydrogen-bond acceptors (Lipinski definition) is 5. The Bertz CT molecular complexity index is 1410. The van der Waals surface area contributed by atoms with Gasteiger partial charge in [-0.25, -0.2) is 9.37 Å². The topological polar surface area (TPSA) is 81.4 Å². The molecule has 0 spiro atoms. The third-order valence-electron chi connectivity index (χ3n) is 4.75. The van der Waals surface area contributed by atoms with Crippen molar-refractivity contribution in [1.29, 1.82) is 0 Å². The highest BCUT2D eigenvalue weighted by Crippen LogP contribution is 2.31. The minimum absolute atomic E-state index is 0.0398. The maximum atomic E-state index is 13.1. The van der Waals surface area contributed by atoms with Gasteiger partial charge in [0, 0.05) is 16.6 Å². The van der Waals surface area contributed by atoms with Crippen LogP contribution in [0.15, 0.2) is 65.1 Å². The Kier molecular flexibility index (Phi) is 5.75. The molecule has 1 aromatic heterocycles. The molecule has 6 nitrogen and oxygen atoms in total. The number of aryl methyl sites for hydroxylation is 1. The van der Waals surface area contributed by atoms with E-state index in [0.29, 0.717) is 39.4 Å². The summed E-state index contributed by atoms with van der Waals surface area (Å²) in [5.74, 6) is 0.864. The molecule has 4 rings (SSSR count). The molecule has 172 valence electrons. The van der Waals surface area contributed by atoms with Gasteiger partial charge in [-0.3, -0.25) is 4.72 Å². The van der Waals surface area contributed by atoms with Crippen LogP contribution < -0.4 is 9.46 Å². The Hall–Kier alpha value is -3.60. The number of nitrogens with zero attached hydrogens (tertiary/aromatic N) is 1. The molecule has 1 heterocycles. The fraction of sp³-hybridized carbons (Fsp3) is 0.136. The Morgan fingerprint density at radius 2 is 1.79 bits per heavy atom. The van der Waals surface area contributed by atoms with E-state index in [2.05, 4.69) is 4.98 Å². The number of halogens is 4. The van der Waals surface area contributed by atoms with E-state index >= 15 is 0 Å². The van der Waals surface area contributed by atoms with Crippen molar-refractivity contribution in [1.82, 2.24) is 4.98 Å². The summed E-state index contributed by atoms with van der Waals surface area (Å²) in [5.41, 5.74) is -4.53. The summed E-state index contributed by atoms with van der Waals surface area (Å²) in [6.45, 7) is 1.75. The fourth-order valence-corrected chi connectivity index (χ4v) is 3.63. The number of nitrogens with one attached hydrogen (secondary N) is 1. The van der Waals surface area contributed by atoms with Crippen LogP contribution in [-0.4, -0.2) is 18.9 Å². The largest absolute Gasteiger partial charge is 0.516 e. The van der Waals surface area contributed by atoms with Crippen LogP contribution >= 0.6 is 0 Å². The minimum Gasteiger partial charge on any atom is -0.487 e. The van der Waals surface area contributed by atoms with Gasteiger partial charge in [0.15, 0.2) is 0 Å². The van der Waals surface area contributed by atoms with Crippen molar-refractivity contribution in [3.63, 3.8) is 0 Å². The van der Waals surface area contributed by atoms with Crippen LogP contribution in [-0.2, 0) is 16.6 Å². The first-order valence-electron chi connectivity index (χ1n) is 9.50. The molecule has 33 heavy (non-hydrogen) atoms. The second-order valence-corrected chi connectivity index (χ2v) is 8.73. The lowest BCUT2D eigenvalue weighted by Crippen LogP contribution is -2.29. The number of rotatable bonds is 6. The molecule has 0 aliphatic carbocycles. The number of hydrogen-bond donors (Lipinski definition) is 1. The number of aromatic nitrogens is 1. The van der Waals surface area contributed by atoms with Crippen LogP contribution in [0.25, 0.3) is 22.2 Å². The number of fused-ring (bicyclic) bond motifs is 1. The molecule has 0 unspecified atom stereocenters. The number of benzene rings is 3. The fourth-order valence-electron chi connectivity index (χ4n) is 3.08. The maximum Gasteiger partial charge on any atom is 0.516 e. The zero-order valence-corrected chi connectivity index (χ0v) is 17.8.